The molecule has 0 fully saturated rings. The topological polar surface area (TPSA) is 92.8 Å². The summed E-state index contributed by atoms with van der Waals surface area (Å²) in [5.41, 5.74) is 2.00. The maximum Gasteiger partial charge on any atom is 0.340 e. The van der Waals surface area contributed by atoms with Gasteiger partial charge in [0.2, 0.25) is 0 Å². The van der Waals surface area contributed by atoms with Crippen LogP contribution in [0, 0.1) is 12.7 Å². The summed E-state index contributed by atoms with van der Waals surface area (Å²) in [4.78, 5) is 27.1. The second kappa shape index (κ2) is 9.26. The lowest BCUT2D eigenvalue weighted by molar-refractivity contribution is -0.122. The number of carbonyl (C=O) groups is 2. The lowest BCUT2D eigenvalue weighted by Crippen LogP contribution is -2.38. The third kappa shape index (κ3) is 4.65. The van der Waals surface area contributed by atoms with E-state index in [-0.39, 0.29) is 33.7 Å². The monoisotopic (exact) mass is 482 g/mol. The lowest BCUT2D eigenvalue weighted by Gasteiger charge is -2.22. The molecular weight excluding hydrogens is 459 g/mol. The normalized spacial score (nSPS) is 15.0. The van der Waals surface area contributed by atoms with Crippen molar-refractivity contribution in [3.05, 3.63) is 89.2 Å². The Kier molecular flexibility index (Phi) is 6.39. The molecule has 3 aromatic rings. The van der Waals surface area contributed by atoms with E-state index in [9.17, 15) is 22.4 Å². The predicted molar refractivity (Wildman–Crippen MR) is 126 cm³/mol. The number of hydrogen-bond acceptors (Lipinski definition) is 5. The molecular formula is C25H23FN2O5S. The summed E-state index contributed by atoms with van der Waals surface area (Å²) in [6.45, 7) is 2.90. The first-order valence-electron chi connectivity index (χ1n) is 10.6. The van der Waals surface area contributed by atoms with Gasteiger partial charge >= 0.3 is 5.97 Å². The largest absolute Gasteiger partial charge is 0.452 e. The smallest absolute Gasteiger partial charge is 0.340 e. The van der Waals surface area contributed by atoms with Crippen LogP contribution >= 0.6 is 0 Å². The molecule has 9 heteroatoms. The molecule has 4 rings (SSSR count). The Balaban J connectivity index is 1.49. The summed E-state index contributed by atoms with van der Waals surface area (Å²) in [6.07, 6.45) is 0.712. The van der Waals surface area contributed by atoms with Crippen LogP contribution in [-0.2, 0) is 26.0 Å². The number of nitrogens with one attached hydrogen (secondary N) is 1. The summed E-state index contributed by atoms with van der Waals surface area (Å²) >= 11 is 0. The molecule has 1 aliphatic rings. The van der Waals surface area contributed by atoms with Crippen molar-refractivity contribution in [2.45, 2.75) is 31.2 Å². The molecule has 0 radical (unpaired) electrons. The van der Waals surface area contributed by atoms with Crippen LogP contribution in [0.2, 0.25) is 0 Å². The highest BCUT2D eigenvalue weighted by Crippen LogP contribution is 2.32. The van der Waals surface area contributed by atoms with Gasteiger partial charge in [0.05, 0.1) is 16.1 Å². The number of fused-ring (bicyclic) bond motifs is 1. The van der Waals surface area contributed by atoms with E-state index in [1.165, 1.54) is 19.1 Å². The van der Waals surface area contributed by atoms with Gasteiger partial charge in [0.1, 0.15) is 5.82 Å². The number of nitrogens with zero attached hydrogens (tertiary/aromatic N) is 1. The van der Waals surface area contributed by atoms with E-state index in [0.29, 0.717) is 6.42 Å². The average molecular weight is 483 g/mol. The fourth-order valence-electron chi connectivity index (χ4n) is 4.08. The van der Waals surface area contributed by atoms with Gasteiger partial charge in [0, 0.05) is 11.7 Å². The van der Waals surface area contributed by atoms with E-state index >= 15 is 0 Å². The Morgan fingerprint density at radius 1 is 1.09 bits per heavy atom. The Labute approximate surface area is 197 Å². The van der Waals surface area contributed by atoms with Crippen LogP contribution in [-0.4, -0.2) is 32.9 Å². The van der Waals surface area contributed by atoms with Crippen molar-refractivity contribution in [1.82, 2.24) is 0 Å². The van der Waals surface area contributed by atoms with Crippen LogP contribution in [0.3, 0.4) is 0 Å². The highest BCUT2D eigenvalue weighted by molar-refractivity contribution is 7.92. The highest BCUT2D eigenvalue weighted by Gasteiger charge is 2.31. The number of benzene rings is 3. The molecule has 1 atom stereocenters. The van der Waals surface area contributed by atoms with Crippen LogP contribution in [0.25, 0.3) is 0 Å². The van der Waals surface area contributed by atoms with Gasteiger partial charge < -0.3 is 9.64 Å². The predicted octanol–water partition coefficient (Wildman–Crippen LogP) is 4.07. The summed E-state index contributed by atoms with van der Waals surface area (Å²) in [6, 6.07) is 16.7. The molecule has 0 aliphatic carbocycles. The number of ether oxygens (including phenoxy) is 1. The van der Waals surface area contributed by atoms with Crippen molar-refractivity contribution in [1.29, 1.82) is 0 Å². The van der Waals surface area contributed by atoms with Crippen molar-refractivity contribution in [2.75, 3.05) is 16.2 Å². The number of para-hydroxylation sites is 2. The van der Waals surface area contributed by atoms with E-state index in [4.69, 9.17) is 4.74 Å². The number of aryl methyl sites for hydroxylation is 1. The molecule has 7 nitrogen and oxygen atoms in total. The van der Waals surface area contributed by atoms with Crippen molar-refractivity contribution in [3.63, 3.8) is 0 Å². The van der Waals surface area contributed by atoms with Gasteiger partial charge in [-0.05, 0) is 67.8 Å². The maximum absolute atomic E-state index is 13.4. The van der Waals surface area contributed by atoms with Gasteiger partial charge in [-0.2, -0.15) is 0 Å². The molecule has 34 heavy (non-hydrogen) atoms. The number of amides is 1. The number of anilines is 2. The first kappa shape index (κ1) is 23.4. The zero-order valence-corrected chi connectivity index (χ0v) is 19.4. The fraction of sp³-hybridized carbons (Fsp3) is 0.200. The average Bonchev–Trinajstić information content (AvgIpc) is 3.12. The van der Waals surface area contributed by atoms with E-state index in [2.05, 4.69) is 4.72 Å². The van der Waals surface area contributed by atoms with Crippen LogP contribution in [0.4, 0.5) is 15.8 Å². The molecule has 176 valence electrons. The Morgan fingerprint density at radius 2 is 1.79 bits per heavy atom. The fourth-order valence-corrected chi connectivity index (χ4v) is 5.39. The molecule has 3 aromatic carbocycles. The van der Waals surface area contributed by atoms with Crippen molar-refractivity contribution in [2.24, 2.45) is 0 Å². The molecule has 1 amide bonds. The minimum atomic E-state index is -4.10. The first-order valence-corrected chi connectivity index (χ1v) is 12.1. The number of hydrogen-bond donors (Lipinski definition) is 1. The number of sulfonamides is 1. The van der Waals surface area contributed by atoms with Gasteiger partial charge in [-0.1, -0.05) is 30.3 Å². The Bertz CT molecular complexity index is 1370. The Morgan fingerprint density at radius 3 is 2.56 bits per heavy atom. The second-order valence-electron chi connectivity index (χ2n) is 8.08. The van der Waals surface area contributed by atoms with E-state index in [1.54, 1.807) is 17.0 Å². The van der Waals surface area contributed by atoms with Gasteiger partial charge in [0.15, 0.2) is 6.61 Å². The van der Waals surface area contributed by atoms with Crippen LogP contribution in [0.5, 0.6) is 0 Å². The van der Waals surface area contributed by atoms with Crippen molar-refractivity contribution in [3.8, 4) is 0 Å². The maximum atomic E-state index is 13.4. The molecule has 0 saturated carbocycles. The van der Waals surface area contributed by atoms with Crippen LogP contribution < -0.4 is 9.62 Å². The number of halogens is 1. The summed E-state index contributed by atoms with van der Waals surface area (Å²) < 4.78 is 46.7. The molecule has 0 spiro atoms. The quantitative estimate of drug-likeness (QED) is 0.535. The molecule has 1 heterocycles. The number of carbonyl (C=O) groups excluding carboxylic acids is 2. The lowest BCUT2D eigenvalue weighted by atomic mass is 10.1. The highest BCUT2D eigenvalue weighted by atomic mass is 32.2. The SMILES string of the molecule is Cc1cc(F)ccc1S(=O)(=O)Nc1ccccc1C(=O)OCC(=O)N1c2ccccc2C[C@@H]1C. The number of esters is 1. The van der Waals surface area contributed by atoms with Crippen molar-refractivity contribution >= 4 is 33.3 Å². The number of rotatable bonds is 6. The molecule has 1 N–H and O–H groups in total. The molecule has 0 bridgehead atoms. The zero-order valence-electron chi connectivity index (χ0n) is 18.6. The van der Waals surface area contributed by atoms with E-state index in [0.717, 1.165) is 29.4 Å². The first-order chi connectivity index (χ1) is 16.2. The van der Waals surface area contributed by atoms with Gasteiger partial charge in [-0.3, -0.25) is 9.52 Å². The van der Waals surface area contributed by atoms with E-state index < -0.39 is 28.4 Å². The summed E-state index contributed by atoms with van der Waals surface area (Å²) in [7, 11) is -4.10. The minimum absolute atomic E-state index is 0.0106. The summed E-state index contributed by atoms with van der Waals surface area (Å²) in [5.74, 6) is -1.77. The minimum Gasteiger partial charge on any atom is -0.452 e. The molecule has 0 unspecified atom stereocenters. The van der Waals surface area contributed by atoms with Gasteiger partial charge in [-0.25, -0.2) is 17.6 Å². The van der Waals surface area contributed by atoms with Crippen molar-refractivity contribution < 1.29 is 27.1 Å². The Hall–Kier alpha value is -3.72. The standard InChI is InChI=1S/C25H23FN2O5S/c1-16-13-19(26)11-12-23(16)34(31,32)27-21-9-5-4-8-20(21)25(30)33-15-24(29)28-17(2)14-18-7-3-6-10-22(18)28/h3-13,17,27H,14-15H2,1-2H3/t17-/m0/s1. The zero-order chi connectivity index (χ0) is 24.5. The second-order valence-corrected chi connectivity index (χ2v) is 9.73. The molecule has 0 saturated heterocycles. The van der Waals surface area contributed by atoms with Crippen LogP contribution in [0.15, 0.2) is 71.6 Å². The van der Waals surface area contributed by atoms with Crippen LogP contribution in [0.1, 0.15) is 28.4 Å². The molecule has 1 aliphatic heterocycles. The third-order valence-electron chi connectivity index (χ3n) is 5.62. The van der Waals surface area contributed by atoms with Gasteiger partial charge in [-0.15, -0.1) is 0 Å². The molecule has 0 aromatic heterocycles. The summed E-state index contributed by atoms with van der Waals surface area (Å²) in [5, 5.41) is 0. The van der Waals surface area contributed by atoms with E-state index in [1.807, 2.05) is 31.2 Å². The third-order valence-corrected chi connectivity index (χ3v) is 7.15. The van der Waals surface area contributed by atoms with Gasteiger partial charge in [0.25, 0.3) is 15.9 Å².